The summed E-state index contributed by atoms with van der Waals surface area (Å²) in [5.74, 6) is 0.101. The number of sulfonamides is 1. The fraction of sp³-hybridized carbons (Fsp3) is 0.417. The number of hydrogen-bond acceptors (Lipinski definition) is 5. The smallest absolute Gasteiger partial charge is 0.244 e. The van der Waals surface area contributed by atoms with Crippen LogP contribution >= 0.6 is 0 Å². The fourth-order valence-corrected chi connectivity index (χ4v) is 2.93. The number of anilines is 1. The highest BCUT2D eigenvalue weighted by molar-refractivity contribution is 7.89. The molecule has 0 saturated carbocycles. The number of nitrogens with two attached hydrogens (primary N) is 1. The maximum absolute atomic E-state index is 12.3. The van der Waals surface area contributed by atoms with Crippen molar-refractivity contribution in [2.45, 2.75) is 11.8 Å². The second-order valence-corrected chi connectivity index (χ2v) is 6.23. The Morgan fingerprint density at radius 2 is 2.16 bits per heavy atom. The summed E-state index contributed by atoms with van der Waals surface area (Å²) < 4.78 is 30.7. The van der Waals surface area contributed by atoms with Crippen molar-refractivity contribution in [1.29, 1.82) is 5.26 Å². The molecule has 1 atom stereocenters. The van der Waals surface area contributed by atoms with E-state index in [1.165, 1.54) is 32.4 Å². The third kappa shape index (κ3) is 3.36. The number of benzene rings is 1. The van der Waals surface area contributed by atoms with E-state index in [4.69, 9.17) is 15.7 Å². The van der Waals surface area contributed by atoms with Gasteiger partial charge in [0.05, 0.1) is 24.8 Å². The first kappa shape index (κ1) is 15.3. The van der Waals surface area contributed by atoms with Crippen LogP contribution in [0.2, 0.25) is 0 Å². The molecule has 1 rings (SSSR count). The van der Waals surface area contributed by atoms with Gasteiger partial charge in [-0.2, -0.15) is 9.57 Å². The van der Waals surface area contributed by atoms with Crippen molar-refractivity contribution < 1.29 is 13.2 Å². The SMILES string of the molecule is COc1ccc(S(=O)(=O)N(C)CC(C)C#N)c(N)c1. The lowest BCUT2D eigenvalue weighted by molar-refractivity contribution is 0.414. The van der Waals surface area contributed by atoms with Crippen LogP contribution < -0.4 is 10.5 Å². The normalized spacial score (nSPS) is 13.0. The van der Waals surface area contributed by atoms with Crippen LogP contribution in [0.15, 0.2) is 23.1 Å². The van der Waals surface area contributed by atoms with Crippen molar-refractivity contribution in [2.24, 2.45) is 5.92 Å². The first-order valence-corrected chi connectivity index (χ1v) is 7.06. The molecule has 0 aliphatic carbocycles. The molecule has 104 valence electrons. The minimum absolute atomic E-state index is 0.0148. The van der Waals surface area contributed by atoms with Gasteiger partial charge in [-0.05, 0) is 19.1 Å². The van der Waals surface area contributed by atoms with Gasteiger partial charge in [-0.25, -0.2) is 8.42 Å². The topological polar surface area (TPSA) is 96.4 Å². The van der Waals surface area contributed by atoms with Crippen molar-refractivity contribution in [3.8, 4) is 11.8 Å². The molecule has 0 amide bonds. The molecule has 0 fully saturated rings. The lowest BCUT2D eigenvalue weighted by atomic mass is 10.2. The molecule has 1 unspecified atom stereocenters. The maximum atomic E-state index is 12.3. The number of nitriles is 1. The quantitative estimate of drug-likeness (QED) is 0.815. The first-order valence-electron chi connectivity index (χ1n) is 5.62. The summed E-state index contributed by atoms with van der Waals surface area (Å²) in [7, 11) is -0.799. The predicted molar refractivity (Wildman–Crippen MR) is 72.0 cm³/mol. The van der Waals surface area contributed by atoms with Crippen molar-refractivity contribution in [2.75, 3.05) is 26.4 Å². The molecule has 0 radical (unpaired) electrons. The zero-order valence-corrected chi connectivity index (χ0v) is 11.9. The van der Waals surface area contributed by atoms with E-state index in [1.807, 2.05) is 6.07 Å². The average Bonchev–Trinajstić information content (AvgIpc) is 2.37. The second kappa shape index (κ2) is 5.91. The molecule has 1 aromatic carbocycles. The van der Waals surface area contributed by atoms with E-state index in [2.05, 4.69) is 0 Å². The highest BCUT2D eigenvalue weighted by atomic mass is 32.2. The van der Waals surface area contributed by atoms with Crippen LogP contribution in [0.1, 0.15) is 6.92 Å². The van der Waals surface area contributed by atoms with Crippen LogP contribution in [0.5, 0.6) is 5.75 Å². The van der Waals surface area contributed by atoms with Crippen molar-refractivity contribution in [3.63, 3.8) is 0 Å². The fourth-order valence-electron chi connectivity index (χ4n) is 1.58. The highest BCUT2D eigenvalue weighted by Crippen LogP contribution is 2.26. The molecular weight excluding hydrogens is 266 g/mol. The molecule has 6 nitrogen and oxygen atoms in total. The third-order valence-corrected chi connectivity index (χ3v) is 4.55. The average molecular weight is 283 g/mol. The molecule has 1 aromatic rings. The van der Waals surface area contributed by atoms with E-state index < -0.39 is 10.0 Å². The number of ether oxygens (including phenoxy) is 1. The van der Waals surface area contributed by atoms with E-state index in [0.717, 1.165) is 4.31 Å². The van der Waals surface area contributed by atoms with Gasteiger partial charge < -0.3 is 10.5 Å². The monoisotopic (exact) mass is 283 g/mol. The van der Waals surface area contributed by atoms with Crippen LogP contribution in [0.3, 0.4) is 0 Å². The van der Waals surface area contributed by atoms with Gasteiger partial charge >= 0.3 is 0 Å². The zero-order valence-electron chi connectivity index (χ0n) is 11.1. The van der Waals surface area contributed by atoms with Gasteiger partial charge in [0.15, 0.2) is 0 Å². The molecule has 0 aromatic heterocycles. The molecule has 7 heteroatoms. The van der Waals surface area contributed by atoms with Crippen LogP contribution in [0.25, 0.3) is 0 Å². The predicted octanol–water partition coefficient (Wildman–Crippen LogP) is 1.06. The number of nitrogen functional groups attached to an aromatic ring is 1. The second-order valence-electron chi connectivity index (χ2n) is 4.22. The number of hydrogen-bond donors (Lipinski definition) is 1. The van der Waals surface area contributed by atoms with E-state index in [1.54, 1.807) is 6.92 Å². The Kier molecular flexibility index (Phi) is 4.75. The molecule has 2 N–H and O–H groups in total. The van der Waals surface area contributed by atoms with Crippen molar-refractivity contribution >= 4 is 15.7 Å². The molecule has 0 spiro atoms. The number of rotatable bonds is 5. The molecule has 19 heavy (non-hydrogen) atoms. The Morgan fingerprint density at radius 1 is 1.53 bits per heavy atom. The lowest BCUT2D eigenvalue weighted by Gasteiger charge is -2.19. The van der Waals surface area contributed by atoms with E-state index in [0.29, 0.717) is 5.75 Å². The Balaban J connectivity index is 3.10. The van der Waals surface area contributed by atoms with Crippen LogP contribution in [-0.2, 0) is 10.0 Å². The van der Waals surface area contributed by atoms with Gasteiger partial charge in [0, 0.05) is 19.7 Å². The summed E-state index contributed by atoms with van der Waals surface area (Å²) in [6.07, 6.45) is 0. The van der Waals surface area contributed by atoms with E-state index >= 15 is 0 Å². The Morgan fingerprint density at radius 3 is 2.63 bits per heavy atom. The van der Waals surface area contributed by atoms with Gasteiger partial charge in [-0.15, -0.1) is 0 Å². The summed E-state index contributed by atoms with van der Waals surface area (Å²) in [6, 6.07) is 6.38. The summed E-state index contributed by atoms with van der Waals surface area (Å²) in [5, 5.41) is 8.73. The molecule has 0 bridgehead atoms. The summed E-state index contributed by atoms with van der Waals surface area (Å²) >= 11 is 0. The Hall–Kier alpha value is -1.78. The minimum atomic E-state index is -3.70. The Labute approximate surface area is 113 Å². The van der Waals surface area contributed by atoms with E-state index in [9.17, 15) is 8.42 Å². The van der Waals surface area contributed by atoms with Gasteiger partial charge in [-0.3, -0.25) is 0 Å². The zero-order chi connectivity index (χ0) is 14.6. The molecular formula is C12H17N3O3S. The molecule has 0 saturated heterocycles. The van der Waals surface area contributed by atoms with Gasteiger partial charge in [0.1, 0.15) is 10.6 Å². The summed E-state index contributed by atoms with van der Waals surface area (Å²) in [5.41, 5.74) is 5.85. The van der Waals surface area contributed by atoms with Crippen molar-refractivity contribution in [3.05, 3.63) is 18.2 Å². The number of methoxy groups -OCH3 is 1. The first-order chi connectivity index (χ1) is 8.82. The minimum Gasteiger partial charge on any atom is -0.497 e. The molecule has 0 heterocycles. The van der Waals surface area contributed by atoms with E-state index in [-0.39, 0.29) is 23.0 Å². The maximum Gasteiger partial charge on any atom is 0.244 e. The third-order valence-electron chi connectivity index (χ3n) is 2.66. The van der Waals surface area contributed by atoms with Crippen LogP contribution in [0, 0.1) is 17.2 Å². The standard InChI is InChI=1S/C12H17N3O3S/c1-9(7-13)8-15(2)19(16,17)12-5-4-10(18-3)6-11(12)14/h4-6,9H,8,14H2,1-3H3. The summed E-state index contributed by atoms with van der Waals surface area (Å²) in [4.78, 5) is 0.0148. The van der Waals surface area contributed by atoms with Gasteiger partial charge in [0.2, 0.25) is 10.0 Å². The molecule has 0 aliphatic rings. The van der Waals surface area contributed by atoms with Crippen molar-refractivity contribution in [1.82, 2.24) is 4.31 Å². The van der Waals surface area contributed by atoms with Crippen LogP contribution in [-0.4, -0.2) is 33.4 Å². The largest absolute Gasteiger partial charge is 0.497 e. The summed E-state index contributed by atoms with van der Waals surface area (Å²) in [6.45, 7) is 1.77. The highest BCUT2D eigenvalue weighted by Gasteiger charge is 2.24. The van der Waals surface area contributed by atoms with Crippen LogP contribution in [0.4, 0.5) is 5.69 Å². The molecule has 0 aliphatic heterocycles. The van der Waals surface area contributed by atoms with Gasteiger partial charge in [-0.1, -0.05) is 0 Å². The lowest BCUT2D eigenvalue weighted by Crippen LogP contribution is -2.31. The number of nitrogens with zero attached hydrogens (tertiary/aromatic N) is 2. The van der Waals surface area contributed by atoms with Gasteiger partial charge in [0.25, 0.3) is 0 Å². The Bertz CT molecular complexity index is 593.